The Morgan fingerprint density at radius 3 is 2.57 bits per heavy atom. The number of carbonyl (C=O) groups excluding carboxylic acids is 1. The monoisotopic (exact) mass is 337 g/mol. The molecule has 0 atom stereocenters. The summed E-state index contributed by atoms with van der Waals surface area (Å²) in [6.07, 6.45) is 3.73. The van der Waals surface area contributed by atoms with E-state index in [9.17, 15) is 4.79 Å². The van der Waals surface area contributed by atoms with Crippen LogP contribution < -0.4 is 10.2 Å². The van der Waals surface area contributed by atoms with Crippen LogP contribution in [-0.4, -0.2) is 56.7 Å². The molecule has 0 saturated carbocycles. The van der Waals surface area contributed by atoms with Gasteiger partial charge in [-0.05, 0) is 37.5 Å². The zero-order valence-corrected chi connectivity index (χ0v) is 14.1. The average molecular weight is 338 g/mol. The summed E-state index contributed by atoms with van der Waals surface area (Å²) >= 11 is 6.42. The fourth-order valence-corrected chi connectivity index (χ4v) is 3.44. The third-order valence-electron chi connectivity index (χ3n) is 4.40. The Hall–Kier alpha value is -1.30. The van der Waals surface area contributed by atoms with Crippen LogP contribution in [0.5, 0.6) is 0 Å². The Morgan fingerprint density at radius 1 is 1.13 bits per heavy atom. The number of benzene rings is 1. The van der Waals surface area contributed by atoms with E-state index >= 15 is 0 Å². The molecule has 2 aliphatic heterocycles. The molecule has 5 nitrogen and oxygen atoms in total. The summed E-state index contributed by atoms with van der Waals surface area (Å²) in [6, 6.07) is 5.80. The second-order valence-corrected chi connectivity index (χ2v) is 6.56. The molecular weight excluding hydrogens is 314 g/mol. The van der Waals surface area contributed by atoms with Crippen LogP contribution >= 0.6 is 11.6 Å². The van der Waals surface area contributed by atoms with Gasteiger partial charge in [-0.3, -0.25) is 9.69 Å². The van der Waals surface area contributed by atoms with Gasteiger partial charge in [0, 0.05) is 31.9 Å². The van der Waals surface area contributed by atoms with Gasteiger partial charge in [0.15, 0.2) is 0 Å². The molecule has 1 amide bonds. The Bertz CT molecular complexity index is 541. The van der Waals surface area contributed by atoms with E-state index in [2.05, 4.69) is 15.1 Å². The van der Waals surface area contributed by atoms with Crippen LogP contribution in [-0.2, 0) is 9.53 Å². The molecule has 2 saturated heterocycles. The molecule has 2 fully saturated rings. The largest absolute Gasteiger partial charge is 0.379 e. The van der Waals surface area contributed by atoms with Crippen LogP contribution in [0, 0.1) is 0 Å². The lowest BCUT2D eigenvalue weighted by Crippen LogP contribution is -2.41. The van der Waals surface area contributed by atoms with Gasteiger partial charge in [0.2, 0.25) is 5.91 Å². The number of nitrogens with zero attached hydrogens (tertiary/aromatic N) is 2. The number of amides is 1. The van der Waals surface area contributed by atoms with Gasteiger partial charge in [0.25, 0.3) is 0 Å². The quantitative estimate of drug-likeness (QED) is 0.917. The number of halogens is 1. The van der Waals surface area contributed by atoms with E-state index in [1.54, 1.807) is 0 Å². The second kappa shape index (κ2) is 7.99. The normalized spacial score (nSPS) is 19.6. The molecule has 1 N–H and O–H groups in total. The van der Waals surface area contributed by atoms with Crippen molar-refractivity contribution < 1.29 is 9.53 Å². The lowest BCUT2D eigenvalue weighted by atomic mass is 10.1. The Labute approximate surface area is 142 Å². The van der Waals surface area contributed by atoms with Gasteiger partial charge in [-0.25, -0.2) is 0 Å². The predicted molar refractivity (Wildman–Crippen MR) is 93.4 cm³/mol. The predicted octanol–water partition coefficient (Wildman–Crippen LogP) is 2.60. The summed E-state index contributed by atoms with van der Waals surface area (Å²) in [5.41, 5.74) is 1.83. The number of hydrogen-bond acceptors (Lipinski definition) is 4. The highest BCUT2D eigenvalue weighted by Gasteiger charge is 2.16. The van der Waals surface area contributed by atoms with Gasteiger partial charge in [-0.1, -0.05) is 11.6 Å². The van der Waals surface area contributed by atoms with Crippen molar-refractivity contribution in [3.8, 4) is 0 Å². The minimum absolute atomic E-state index is 0.00584. The van der Waals surface area contributed by atoms with Gasteiger partial charge >= 0.3 is 0 Å². The van der Waals surface area contributed by atoms with Crippen molar-refractivity contribution in [1.29, 1.82) is 0 Å². The van der Waals surface area contributed by atoms with E-state index in [-0.39, 0.29) is 5.91 Å². The number of piperidine rings is 1. The zero-order chi connectivity index (χ0) is 16.1. The summed E-state index contributed by atoms with van der Waals surface area (Å²) in [7, 11) is 0. The smallest absolute Gasteiger partial charge is 0.238 e. The number of morpholine rings is 1. The fraction of sp³-hybridized carbons (Fsp3) is 0.588. The molecule has 2 aliphatic rings. The first-order valence-corrected chi connectivity index (χ1v) is 8.74. The van der Waals surface area contributed by atoms with Crippen molar-refractivity contribution in [3.05, 3.63) is 23.2 Å². The number of hydrogen-bond donors (Lipinski definition) is 1. The van der Waals surface area contributed by atoms with E-state index in [0.717, 1.165) is 37.6 Å². The zero-order valence-electron chi connectivity index (χ0n) is 13.4. The lowest BCUT2D eigenvalue weighted by molar-refractivity contribution is -0.118. The van der Waals surface area contributed by atoms with Crippen LogP contribution in [0.2, 0.25) is 5.02 Å². The Kier molecular flexibility index (Phi) is 5.75. The second-order valence-electron chi connectivity index (χ2n) is 6.15. The highest BCUT2D eigenvalue weighted by atomic mass is 35.5. The molecule has 0 unspecified atom stereocenters. The molecule has 1 aromatic rings. The van der Waals surface area contributed by atoms with E-state index in [1.807, 2.05) is 18.2 Å². The van der Waals surface area contributed by atoms with Crippen molar-refractivity contribution >= 4 is 28.9 Å². The molecule has 3 rings (SSSR count). The first kappa shape index (κ1) is 16.6. The number of ether oxygens (including phenoxy) is 1. The third-order valence-corrected chi connectivity index (χ3v) is 4.70. The first-order valence-electron chi connectivity index (χ1n) is 8.37. The van der Waals surface area contributed by atoms with Crippen molar-refractivity contribution in [1.82, 2.24) is 4.90 Å². The number of nitrogens with one attached hydrogen (secondary N) is 1. The van der Waals surface area contributed by atoms with Gasteiger partial charge < -0.3 is 15.0 Å². The van der Waals surface area contributed by atoms with Crippen molar-refractivity contribution in [2.24, 2.45) is 0 Å². The van der Waals surface area contributed by atoms with E-state index in [1.165, 1.54) is 19.3 Å². The van der Waals surface area contributed by atoms with Gasteiger partial charge in [-0.15, -0.1) is 0 Å². The summed E-state index contributed by atoms with van der Waals surface area (Å²) in [5.74, 6) is -0.00584. The standard InChI is InChI=1S/C17H24ClN3O2/c18-15-12-14(4-5-16(15)21-6-2-1-3-7-21)19-17(22)13-20-8-10-23-11-9-20/h4-5,12H,1-3,6-11,13H2,(H,19,22). The maximum absolute atomic E-state index is 12.1. The molecule has 23 heavy (non-hydrogen) atoms. The number of carbonyl (C=O) groups is 1. The summed E-state index contributed by atoms with van der Waals surface area (Å²) in [6.45, 7) is 5.52. The third kappa shape index (κ3) is 4.59. The average Bonchev–Trinajstić information content (AvgIpc) is 2.56. The molecule has 126 valence electrons. The minimum atomic E-state index is -0.00584. The fourth-order valence-electron chi connectivity index (χ4n) is 3.14. The first-order chi connectivity index (χ1) is 11.2. The molecule has 2 heterocycles. The van der Waals surface area contributed by atoms with Crippen LogP contribution in [0.25, 0.3) is 0 Å². The molecule has 1 aromatic carbocycles. The van der Waals surface area contributed by atoms with E-state index in [0.29, 0.717) is 24.8 Å². The van der Waals surface area contributed by atoms with Crippen LogP contribution in [0.3, 0.4) is 0 Å². The van der Waals surface area contributed by atoms with E-state index < -0.39 is 0 Å². The molecule has 0 aliphatic carbocycles. The van der Waals surface area contributed by atoms with Crippen LogP contribution in [0.1, 0.15) is 19.3 Å². The van der Waals surface area contributed by atoms with Crippen molar-refractivity contribution in [2.45, 2.75) is 19.3 Å². The SMILES string of the molecule is O=C(CN1CCOCC1)Nc1ccc(N2CCCCC2)c(Cl)c1. The maximum atomic E-state index is 12.1. The highest BCUT2D eigenvalue weighted by molar-refractivity contribution is 6.33. The summed E-state index contributed by atoms with van der Waals surface area (Å²) in [4.78, 5) is 16.6. The van der Waals surface area contributed by atoms with Gasteiger partial charge in [-0.2, -0.15) is 0 Å². The van der Waals surface area contributed by atoms with Crippen LogP contribution in [0.4, 0.5) is 11.4 Å². The summed E-state index contributed by atoms with van der Waals surface area (Å²) in [5, 5.41) is 3.64. The van der Waals surface area contributed by atoms with Gasteiger partial charge in [0.1, 0.15) is 0 Å². The molecule has 0 radical (unpaired) electrons. The summed E-state index contributed by atoms with van der Waals surface area (Å²) < 4.78 is 5.29. The Balaban J connectivity index is 1.57. The highest BCUT2D eigenvalue weighted by Crippen LogP contribution is 2.30. The van der Waals surface area contributed by atoms with E-state index in [4.69, 9.17) is 16.3 Å². The maximum Gasteiger partial charge on any atom is 0.238 e. The molecular formula is C17H24ClN3O2. The molecule has 0 aromatic heterocycles. The van der Waals surface area contributed by atoms with Crippen LogP contribution in [0.15, 0.2) is 18.2 Å². The topological polar surface area (TPSA) is 44.8 Å². The molecule has 0 bridgehead atoms. The molecule has 6 heteroatoms. The lowest BCUT2D eigenvalue weighted by Gasteiger charge is -2.29. The van der Waals surface area contributed by atoms with Crippen molar-refractivity contribution in [2.75, 3.05) is 56.2 Å². The minimum Gasteiger partial charge on any atom is -0.379 e. The number of anilines is 2. The van der Waals surface area contributed by atoms with Gasteiger partial charge in [0.05, 0.1) is 30.5 Å². The Morgan fingerprint density at radius 2 is 1.87 bits per heavy atom. The molecule has 0 spiro atoms. The number of rotatable bonds is 4. The van der Waals surface area contributed by atoms with Crippen molar-refractivity contribution in [3.63, 3.8) is 0 Å².